The molecule has 22 nitrogen and oxygen atoms in total. The molecule has 0 bridgehead atoms. The van der Waals surface area contributed by atoms with Crippen LogP contribution in [0, 0.1) is 48.3 Å². The maximum absolute atomic E-state index is 12.3. The third kappa shape index (κ3) is 21.4. The molecular formula is C85H105BBr3ClN12O10Si. The first-order chi connectivity index (χ1) is 53.4. The number of nitrogens with zero attached hydrogens (tertiary/aromatic N) is 9. The Morgan fingerprint density at radius 3 is 1.46 bits per heavy atom. The molecular weight excluding hydrogens is 1660 g/mol. The number of hydrogen-bond donors (Lipinski definition) is 6. The predicted molar refractivity (Wildman–Crippen MR) is 461 cm³/mol. The average Bonchev–Trinajstić information content (AvgIpc) is 1.61. The molecule has 0 aromatic heterocycles. The molecule has 113 heavy (non-hydrogen) atoms. The number of halogens is 4. The van der Waals surface area contributed by atoms with Crippen LogP contribution in [0.5, 0.6) is 23.0 Å². The lowest BCUT2D eigenvalue weighted by molar-refractivity contribution is -0.204. The highest BCUT2D eigenvalue weighted by Crippen LogP contribution is 2.58. The molecule has 16 rings (SSSR count). The van der Waals surface area contributed by atoms with Gasteiger partial charge in [-0.15, -0.1) is 12.4 Å². The van der Waals surface area contributed by atoms with E-state index in [9.17, 15) is 4.79 Å². The number of fused-ring (bicyclic) bond motifs is 6. The molecule has 10 aliphatic rings. The molecule has 4 aliphatic carbocycles. The molecule has 6 heterocycles. The van der Waals surface area contributed by atoms with Crippen molar-refractivity contribution in [1.29, 1.82) is 5.26 Å². The van der Waals surface area contributed by atoms with Crippen LogP contribution in [0.1, 0.15) is 183 Å². The third-order valence-electron chi connectivity index (χ3n) is 22.7. The number of carbonyl (C=O) groups is 1. The van der Waals surface area contributed by atoms with Gasteiger partial charge in [0.05, 0.1) is 42.0 Å². The summed E-state index contributed by atoms with van der Waals surface area (Å²) >= 11 is 10.4. The van der Waals surface area contributed by atoms with Crippen molar-refractivity contribution in [3.05, 3.63) is 186 Å². The van der Waals surface area contributed by atoms with Gasteiger partial charge in [0.15, 0.2) is 25.4 Å². The van der Waals surface area contributed by atoms with Crippen molar-refractivity contribution < 1.29 is 48.7 Å². The first-order valence-electron chi connectivity index (χ1n) is 38.6. The normalized spacial score (nSPS) is 26.9. The number of benzene rings is 6. The van der Waals surface area contributed by atoms with Gasteiger partial charge in [-0.05, 0) is 222 Å². The fraction of sp³-hybridized carbons (Fsp3) is 0.471. The molecule has 10 unspecified atom stereocenters. The van der Waals surface area contributed by atoms with Gasteiger partial charge in [-0.1, -0.05) is 150 Å². The van der Waals surface area contributed by atoms with Crippen LogP contribution in [0.15, 0.2) is 161 Å². The van der Waals surface area contributed by atoms with E-state index in [2.05, 4.69) is 133 Å². The van der Waals surface area contributed by atoms with E-state index < -0.39 is 26.8 Å². The van der Waals surface area contributed by atoms with Gasteiger partial charge in [-0.3, -0.25) is 9.45 Å². The van der Waals surface area contributed by atoms with Crippen LogP contribution in [-0.4, -0.2) is 114 Å². The van der Waals surface area contributed by atoms with Gasteiger partial charge < -0.3 is 45.7 Å². The summed E-state index contributed by atoms with van der Waals surface area (Å²) < 4.78 is 32.6. The van der Waals surface area contributed by atoms with Crippen LogP contribution in [-0.2, 0) is 21.1 Å². The molecule has 4 saturated carbocycles. The van der Waals surface area contributed by atoms with Gasteiger partial charge in [-0.25, -0.2) is 45.0 Å². The first kappa shape index (κ1) is 89.0. The van der Waals surface area contributed by atoms with Crippen LogP contribution in [0.4, 0.5) is 11.4 Å². The highest BCUT2D eigenvalue weighted by Gasteiger charge is 2.59. The molecule has 600 valence electrons. The molecule has 28 heteroatoms. The fourth-order valence-electron chi connectivity index (χ4n) is 17.1. The van der Waals surface area contributed by atoms with E-state index in [1.807, 2.05) is 97.2 Å². The molecule has 6 spiro atoms. The van der Waals surface area contributed by atoms with Gasteiger partial charge in [0.2, 0.25) is 29.6 Å². The standard InChI is InChI=1S/C24H26N4O2.C17H22BrN3O2.C16H17BrN2O.C15H17BrO2.C7H6BNO2.C5H11NSi.CH5NO.ClH/c1-4-16-10-11-23(14-16)15-24(27-22(25)28(3)30-24)20-13-18(8-9-21(20)29-23)17-6-5-7-19(12-17)26-2;1-3-11-6-7-16(9-11)10-17(20-15(19)21(2)23-17)13-8-12(18)4-5-14(13)22-16;1-2-11-5-6-16(8-11)9-14(19-10-18)13-7-12(17)3-4-15(13)20-16;1-2-10-5-6-15(8-10)9-13(17)12-7-11(16)3-4-14(12)18-15;1-9-7-4-2-3-6(5-7)8(10)11;1-5-6-7(2,3)4;1-2-3;/h5-9,12-13,16H,4,10-11,14-15H2,1,3H3,(H2,25,27);4-5,8,11H,3,6-7,9-10H2,1-2H3,(H2,19,20);3-4,7,11H,2,5-6,8-9H2,1H3;3-4,7,10H,2,5-6,8-9H2,1H3;2-5,10-11H;1H2,2-4H3;2-3H,1H3;1H. The molecule has 0 saturated heterocycles. The van der Waals surface area contributed by atoms with E-state index in [1.54, 1.807) is 47.9 Å². The smallest absolute Gasteiger partial charge is 0.487 e. The number of nitrogens with one attached hydrogen (secondary N) is 1. The van der Waals surface area contributed by atoms with E-state index in [4.69, 9.17) is 83.7 Å². The van der Waals surface area contributed by atoms with Crippen molar-refractivity contribution in [3.63, 3.8) is 0 Å². The number of nitrogens with two attached hydrogens (primary N) is 2. The number of guanidine groups is 2. The number of aliphatic imine (C=N–C) groups is 3. The monoisotopic (exact) mass is 1760 g/mol. The van der Waals surface area contributed by atoms with Crippen LogP contribution < -0.4 is 41.4 Å². The Hall–Kier alpha value is -7.91. The van der Waals surface area contributed by atoms with Crippen molar-refractivity contribution in [2.24, 2.45) is 54.8 Å². The minimum Gasteiger partial charge on any atom is -0.487 e. The Bertz CT molecular complexity index is 4680. The lowest BCUT2D eigenvalue weighted by Crippen LogP contribution is -2.47. The topological polar surface area (TPSA) is 286 Å². The highest BCUT2D eigenvalue weighted by molar-refractivity contribution is 9.11. The summed E-state index contributed by atoms with van der Waals surface area (Å²) in [5.41, 5.74) is 19.2. The highest BCUT2D eigenvalue weighted by atomic mass is 79.9. The zero-order valence-corrected chi connectivity index (χ0v) is 72.8. The Balaban J connectivity index is 0.000000161. The number of carbonyl (C=O) groups excluding carboxylic acids is 1. The second kappa shape index (κ2) is 38.2. The zero-order valence-electron chi connectivity index (χ0n) is 66.2. The summed E-state index contributed by atoms with van der Waals surface area (Å²) in [6, 6.07) is 37.7. The Morgan fingerprint density at radius 1 is 0.619 bits per heavy atom. The van der Waals surface area contributed by atoms with Crippen LogP contribution >= 0.6 is 60.2 Å². The van der Waals surface area contributed by atoms with Crippen molar-refractivity contribution in [2.45, 2.75) is 210 Å². The number of ether oxygens (including phenoxy) is 4. The van der Waals surface area contributed by atoms with Crippen LogP contribution in [0.2, 0.25) is 19.6 Å². The predicted octanol–water partition coefficient (Wildman–Crippen LogP) is 18.9. The number of hydroxylamine groups is 5. The fourth-order valence-corrected chi connectivity index (χ4v) is 18.7. The Morgan fingerprint density at radius 2 is 1.03 bits per heavy atom. The van der Waals surface area contributed by atoms with Crippen molar-refractivity contribution in [1.82, 2.24) is 15.6 Å². The van der Waals surface area contributed by atoms with Gasteiger partial charge in [-0.2, -0.15) is 10.3 Å². The molecule has 8 N–H and O–H groups in total. The summed E-state index contributed by atoms with van der Waals surface area (Å²) in [5.74, 6) is 9.71. The molecule has 4 fully saturated rings. The molecule has 10 atom stereocenters. The van der Waals surface area contributed by atoms with Gasteiger partial charge in [0.25, 0.3) is 0 Å². The SMILES string of the molecule is C=C=N[Si](C)(C)C.CCC1CCC2(C1)CC1(N=C(N)N(C)O1)c1cc(Br)ccc1O2.CCC1CCC2(CC(=NC#N)c3cc(Br)ccc3O2)C1.CCC1CCC2(CC(=O)c3cc(Br)ccc3O2)C1.CNO.Cl.[C-]#[N+]c1cccc(-c2ccc3c(c2)C2(CC4(CCC(CC)C4)O3)N=C(N)N(C)O2)c1.[C-]#[N+]c1cccc(B(O)O)c1. The molecule has 0 amide bonds. The van der Waals surface area contributed by atoms with E-state index in [1.165, 1.54) is 58.1 Å². The number of hydrogen-bond acceptors (Lipinski definition) is 20. The zero-order chi connectivity index (χ0) is 81.0. The summed E-state index contributed by atoms with van der Waals surface area (Å²) in [5, 5.41) is 36.8. The lowest BCUT2D eigenvalue weighted by Gasteiger charge is -2.43. The first-order valence-corrected chi connectivity index (χ1v) is 44.4. The van der Waals surface area contributed by atoms with Crippen molar-refractivity contribution in [3.8, 4) is 40.3 Å². The average molecular weight is 1770 g/mol. The third-order valence-corrected chi connectivity index (χ3v) is 25.0. The maximum atomic E-state index is 12.3. The van der Waals surface area contributed by atoms with Gasteiger partial charge in [0.1, 0.15) is 45.4 Å². The Labute approximate surface area is 698 Å². The number of ketones is 1. The molecule has 6 aliphatic heterocycles. The van der Waals surface area contributed by atoms with E-state index in [0.29, 0.717) is 59.9 Å². The number of nitriles is 1. The lowest BCUT2D eigenvalue weighted by atomic mass is 9.80. The molecule has 6 aromatic rings. The van der Waals surface area contributed by atoms with Crippen molar-refractivity contribution >= 4 is 122 Å². The van der Waals surface area contributed by atoms with E-state index in [-0.39, 0.29) is 40.6 Å². The number of rotatable bonds is 7. The van der Waals surface area contributed by atoms with Gasteiger partial charge in [0, 0.05) is 59.4 Å². The Kier molecular flexibility index (Phi) is 30.1. The number of Topliss-reactive ketones (excluding diaryl/α,β-unsaturated/α-hetero) is 1. The van der Waals surface area contributed by atoms with Gasteiger partial charge >= 0.3 is 7.12 Å². The minimum absolute atomic E-state index is 0. The van der Waals surface area contributed by atoms with Crippen LogP contribution in [0.3, 0.4) is 0 Å². The summed E-state index contributed by atoms with van der Waals surface area (Å²) in [6.45, 7) is 32.7. The van der Waals surface area contributed by atoms with E-state index >= 15 is 0 Å². The van der Waals surface area contributed by atoms with E-state index in [0.717, 1.165) is 152 Å². The minimum atomic E-state index is -1.49. The quantitative estimate of drug-likeness (QED) is 0.0285. The second-order valence-electron chi connectivity index (χ2n) is 31.7. The molecule has 0 radical (unpaired) electrons. The maximum Gasteiger partial charge on any atom is 0.487 e. The van der Waals surface area contributed by atoms with Crippen molar-refractivity contribution in [2.75, 3.05) is 21.1 Å². The van der Waals surface area contributed by atoms with Crippen LogP contribution in [0.25, 0.3) is 20.8 Å². The second-order valence-corrected chi connectivity index (χ2v) is 39.0. The largest absolute Gasteiger partial charge is 0.487 e. The summed E-state index contributed by atoms with van der Waals surface area (Å²) in [7, 11) is 2.33. The summed E-state index contributed by atoms with van der Waals surface area (Å²) in [6.07, 6.45) is 22.4. The summed E-state index contributed by atoms with van der Waals surface area (Å²) in [4.78, 5) is 45.0. The molecule has 6 aromatic carbocycles.